The van der Waals surface area contributed by atoms with E-state index in [-0.39, 0.29) is 41.3 Å². The van der Waals surface area contributed by atoms with Crippen molar-refractivity contribution in [3.8, 4) is 0 Å². The molecule has 2 aromatic carbocycles. The maximum absolute atomic E-state index is 13.4. The van der Waals surface area contributed by atoms with E-state index < -0.39 is 51.4 Å². The van der Waals surface area contributed by atoms with Crippen LogP contribution in [0.4, 0.5) is 18.0 Å². The van der Waals surface area contributed by atoms with Crippen LogP contribution in [-0.2, 0) is 20.8 Å². The highest BCUT2D eigenvalue weighted by atomic mass is 32.2. The monoisotopic (exact) mass is 580 g/mol. The van der Waals surface area contributed by atoms with Gasteiger partial charge in [0.05, 0.1) is 16.2 Å². The second-order valence-electron chi connectivity index (χ2n) is 10.1. The molecule has 216 valence electrons. The van der Waals surface area contributed by atoms with Crippen molar-refractivity contribution >= 4 is 27.7 Å². The first kappa shape index (κ1) is 29.4. The molecule has 40 heavy (non-hydrogen) atoms. The van der Waals surface area contributed by atoms with Crippen molar-refractivity contribution in [2.45, 2.75) is 54.9 Å². The van der Waals surface area contributed by atoms with Crippen LogP contribution in [0, 0.1) is 5.92 Å². The fourth-order valence-electron chi connectivity index (χ4n) is 5.48. The van der Waals surface area contributed by atoms with Gasteiger partial charge in [-0.1, -0.05) is 24.3 Å². The number of carbonyl (C=O) groups excluding carboxylic acids is 3. The highest BCUT2D eigenvalue weighted by molar-refractivity contribution is 7.91. The Morgan fingerprint density at radius 3 is 2.40 bits per heavy atom. The topological polar surface area (TPSA) is 125 Å². The zero-order valence-electron chi connectivity index (χ0n) is 21.8. The first-order valence-electron chi connectivity index (χ1n) is 12.9. The lowest BCUT2D eigenvalue weighted by atomic mass is 9.81. The van der Waals surface area contributed by atoms with Gasteiger partial charge < -0.3 is 20.9 Å². The fourth-order valence-corrected chi connectivity index (χ4v) is 7.16. The van der Waals surface area contributed by atoms with Gasteiger partial charge in [0.2, 0.25) is 5.91 Å². The highest BCUT2D eigenvalue weighted by Gasteiger charge is 2.44. The van der Waals surface area contributed by atoms with Crippen molar-refractivity contribution in [1.29, 1.82) is 0 Å². The van der Waals surface area contributed by atoms with E-state index in [0.717, 1.165) is 18.2 Å². The summed E-state index contributed by atoms with van der Waals surface area (Å²) < 4.78 is 65.7. The van der Waals surface area contributed by atoms with E-state index in [1.165, 1.54) is 25.2 Å². The number of amides is 4. The van der Waals surface area contributed by atoms with E-state index >= 15 is 0 Å². The molecule has 0 aromatic heterocycles. The van der Waals surface area contributed by atoms with Gasteiger partial charge in [0, 0.05) is 31.2 Å². The predicted molar refractivity (Wildman–Crippen MR) is 140 cm³/mol. The Morgan fingerprint density at radius 2 is 1.73 bits per heavy atom. The molecule has 2 aliphatic rings. The molecule has 1 heterocycles. The first-order valence-corrected chi connectivity index (χ1v) is 14.6. The minimum Gasteiger partial charge on any atom is -0.341 e. The van der Waals surface area contributed by atoms with E-state index in [2.05, 4.69) is 16.0 Å². The molecule has 4 rings (SSSR count). The van der Waals surface area contributed by atoms with E-state index in [9.17, 15) is 36.0 Å². The Bertz CT molecular complexity index is 1350. The molecule has 4 amide bonds. The van der Waals surface area contributed by atoms with Crippen LogP contribution >= 0.6 is 0 Å². The molecule has 3 N–H and O–H groups in total. The zero-order chi connectivity index (χ0) is 29.1. The maximum atomic E-state index is 13.4. The number of sulfone groups is 1. The number of hydrogen-bond donors (Lipinski definition) is 3. The molecular weight excluding hydrogens is 549 g/mol. The van der Waals surface area contributed by atoms with Crippen LogP contribution in [0.15, 0.2) is 59.5 Å². The SMILES string of the molecule is CNC(=O)N[C@@H]1CC[C@H](N2CCC(NC(=O)c3cccc(C(F)(F)F)c3)C2=O)[C@H](CS(=O)(=O)c2ccccc2)C1. The van der Waals surface area contributed by atoms with Gasteiger partial charge in [0.25, 0.3) is 5.91 Å². The van der Waals surface area contributed by atoms with E-state index in [0.29, 0.717) is 19.3 Å². The number of halogens is 3. The summed E-state index contributed by atoms with van der Waals surface area (Å²) in [5.74, 6) is -1.94. The van der Waals surface area contributed by atoms with Gasteiger partial charge in [-0.15, -0.1) is 0 Å². The molecule has 2 fully saturated rings. The first-order chi connectivity index (χ1) is 18.9. The lowest BCUT2D eigenvalue weighted by Gasteiger charge is -2.41. The van der Waals surface area contributed by atoms with Gasteiger partial charge in [-0.2, -0.15) is 13.2 Å². The number of rotatable bonds is 7. The van der Waals surface area contributed by atoms with Crippen LogP contribution in [0.2, 0.25) is 0 Å². The minimum atomic E-state index is -4.61. The van der Waals surface area contributed by atoms with Gasteiger partial charge in [0.15, 0.2) is 9.84 Å². The lowest BCUT2D eigenvalue weighted by molar-refractivity contribution is -0.137. The number of nitrogens with one attached hydrogen (secondary N) is 3. The molecule has 1 saturated carbocycles. The normalized spacial score (nSPS) is 23.5. The van der Waals surface area contributed by atoms with Gasteiger partial charge in [-0.05, 0) is 61.9 Å². The van der Waals surface area contributed by atoms with Crippen molar-refractivity contribution in [3.05, 3.63) is 65.7 Å². The average Bonchev–Trinajstić information content (AvgIpc) is 3.28. The van der Waals surface area contributed by atoms with Crippen molar-refractivity contribution < 1.29 is 36.0 Å². The van der Waals surface area contributed by atoms with Crippen molar-refractivity contribution in [2.24, 2.45) is 5.92 Å². The summed E-state index contributed by atoms with van der Waals surface area (Å²) in [6, 6.07) is 9.87. The molecule has 2 aromatic rings. The van der Waals surface area contributed by atoms with E-state index in [1.54, 1.807) is 23.1 Å². The van der Waals surface area contributed by atoms with Crippen LogP contribution < -0.4 is 16.0 Å². The zero-order valence-corrected chi connectivity index (χ0v) is 22.6. The summed E-state index contributed by atoms with van der Waals surface area (Å²) in [7, 11) is -2.23. The minimum absolute atomic E-state index is 0.161. The van der Waals surface area contributed by atoms with E-state index in [1.807, 2.05) is 0 Å². The van der Waals surface area contributed by atoms with Crippen LogP contribution in [0.25, 0.3) is 0 Å². The molecule has 4 atom stereocenters. The second kappa shape index (κ2) is 11.9. The molecule has 1 saturated heterocycles. The highest BCUT2D eigenvalue weighted by Crippen LogP contribution is 2.34. The van der Waals surface area contributed by atoms with Crippen molar-refractivity contribution in [2.75, 3.05) is 19.3 Å². The number of carbonyl (C=O) groups is 3. The fraction of sp³-hybridized carbons (Fsp3) is 0.444. The summed E-state index contributed by atoms with van der Waals surface area (Å²) in [4.78, 5) is 39.7. The number of nitrogens with zero attached hydrogens (tertiary/aromatic N) is 1. The van der Waals surface area contributed by atoms with Gasteiger partial charge >= 0.3 is 12.2 Å². The standard InChI is InChI=1S/C27H31F3N4O5S/c1-31-26(37)32-20-10-11-23(18(15-20)16-40(38,39)21-8-3-2-4-9-21)34-13-12-22(25(34)36)33-24(35)17-6-5-7-19(14-17)27(28,29)30/h2-9,14,18,20,22-23H,10-13,15-16H2,1H3,(H,33,35)(H2,31,32,37)/t18-,20+,22?,23-/m0/s1. The van der Waals surface area contributed by atoms with E-state index in [4.69, 9.17) is 0 Å². The molecule has 0 radical (unpaired) electrons. The molecule has 9 nitrogen and oxygen atoms in total. The Labute approximate surface area is 230 Å². The number of alkyl halides is 3. The molecule has 1 unspecified atom stereocenters. The van der Waals surface area contributed by atoms with Crippen LogP contribution in [0.5, 0.6) is 0 Å². The smallest absolute Gasteiger partial charge is 0.341 e. The molecule has 1 aliphatic carbocycles. The average molecular weight is 581 g/mol. The van der Waals surface area contributed by atoms with Gasteiger partial charge in [-0.3, -0.25) is 9.59 Å². The maximum Gasteiger partial charge on any atom is 0.416 e. The predicted octanol–water partition coefficient (Wildman–Crippen LogP) is 2.98. The van der Waals surface area contributed by atoms with Crippen LogP contribution in [0.1, 0.15) is 41.6 Å². The lowest BCUT2D eigenvalue weighted by Crippen LogP contribution is -2.53. The van der Waals surface area contributed by atoms with Crippen molar-refractivity contribution in [1.82, 2.24) is 20.9 Å². The summed E-state index contributed by atoms with van der Waals surface area (Å²) in [6.45, 7) is 0.256. The Morgan fingerprint density at radius 1 is 1.00 bits per heavy atom. The second-order valence-corrected chi connectivity index (χ2v) is 12.1. The number of likely N-dealkylation sites (tertiary alicyclic amines) is 1. The number of benzene rings is 2. The third-order valence-corrected chi connectivity index (χ3v) is 9.30. The van der Waals surface area contributed by atoms with Gasteiger partial charge in [0.1, 0.15) is 6.04 Å². The quantitative estimate of drug-likeness (QED) is 0.465. The molecular formula is C27H31F3N4O5S. The molecule has 1 aliphatic heterocycles. The molecule has 0 spiro atoms. The largest absolute Gasteiger partial charge is 0.416 e. The molecule has 13 heteroatoms. The Balaban J connectivity index is 1.50. The molecule has 0 bridgehead atoms. The number of hydrogen-bond acceptors (Lipinski definition) is 5. The van der Waals surface area contributed by atoms with Crippen LogP contribution in [-0.4, -0.2) is 68.6 Å². The number of urea groups is 1. The van der Waals surface area contributed by atoms with Crippen molar-refractivity contribution in [3.63, 3.8) is 0 Å². The Hall–Kier alpha value is -3.61. The summed E-state index contributed by atoms with van der Waals surface area (Å²) >= 11 is 0. The summed E-state index contributed by atoms with van der Waals surface area (Å²) in [5.41, 5.74) is -1.18. The summed E-state index contributed by atoms with van der Waals surface area (Å²) in [5, 5.41) is 7.86. The van der Waals surface area contributed by atoms with Crippen LogP contribution in [0.3, 0.4) is 0 Å². The van der Waals surface area contributed by atoms with Gasteiger partial charge in [-0.25, -0.2) is 13.2 Å². The summed E-state index contributed by atoms with van der Waals surface area (Å²) in [6.07, 6.45) is -3.10. The third kappa shape index (κ3) is 6.75. The Kier molecular flexibility index (Phi) is 8.71. The third-order valence-electron chi connectivity index (χ3n) is 7.44.